The Labute approximate surface area is 79.2 Å². The predicted octanol–water partition coefficient (Wildman–Crippen LogP) is 2.56. The summed E-state index contributed by atoms with van der Waals surface area (Å²) in [6.45, 7) is 2.72. The molecular formula is C10H14OS. The van der Waals surface area contributed by atoms with Crippen LogP contribution in [0.4, 0.5) is 0 Å². The van der Waals surface area contributed by atoms with E-state index in [9.17, 15) is 0 Å². The maximum Gasteiger partial charge on any atom is 0.119 e. The van der Waals surface area contributed by atoms with E-state index in [1.54, 1.807) is 0 Å². The summed E-state index contributed by atoms with van der Waals surface area (Å²) in [6, 6.07) is 8.16. The van der Waals surface area contributed by atoms with E-state index in [0.29, 0.717) is 0 Å². The number of thiol groups is 1. The number of ether oxygens (including phenoxy) is 1. The molecule has 0 bridgehead atoms. The molecule has 0 N–H and O–H groups in total. The Morgan fingerprint density at radius 2 is 2.25 bits per heavy atom. The average molecular weight is 182 g/mol. The lowest BCUT2D eigenvalue weighted by molar-refractivity contribution is 0.340. The first kappa shape index (κ1) is 9.46. The third kappa shape index (κ3) is 2.78. The number of rotatable bonds is 4. The van der Waals surface area contributed by atoms with Gasteiger partial charge in [0.25, 0.3) is 0 Å². The van der Waals surface area contributed by atoms with Gasteiger partial charge in [-0.25, -0.2) is 0 Å². The minimum Gasteiger partial charge on any atom is -0.494 e. The van der Waals surface area contributed by atoms with Crippen LogP contribution in [0.1, 0.15) is 12.5 Å². The van der Waals surface area contributed by atoms with Crippen LogP contribution in [0.2, 0.25) is 0 Å². The molecule has 1 rings (SSSR count). The second-order valence-electron chi connectivity index (χ2n) is 2.55. The maximum atomic E-state index is 5.37. The first-order valence-corrected chi connectivity index (χ1v) is 4.82. The van der Waals surface area contributed by atoms with Crippen molar-refractivity contribution in [2.24, 2.45) is 0 Å². The van der Waals surface area contributed by atoms with Crippen LogP contribution in [0, 0.1) is 0 Å². The number of hydrogen-bond acceptors (Lipinski definition) is 2. The van der Waals surface area contributed by atoms with Crippen LogP contribution in [0.5, 0.6) is 5.75 Å². The quantitative estimate of drug-likeness (QED) is 0.704. The van der Waals surface area contributed by atoms with Gasteiger partial charge in [0.2, 0.25) is 0 Å². The fourth-order valence-electron chi connectivity index (χ4n) is 1.09. The zero-order valence-corrected chi connectivity index (χ0v) is 8.18. The van der Waals surface area contributed by atoms with E-state index in [0.717, 1.165) is 24.5 Å². The number of aryl methyl sites for hydroxylation is 1. The zero-order valence-electron chi connectivity index (χ0n) is 7.29. The van der Waals surface area contributed by atoms with Crippen LogP contribution in [0.15, 0.2) is 24.3 Å². The Bertz CT molecular complexity index is 214. The molecule has 0 spiro atoms. The van der Waals surface area contributed by atoms with Gasteiger partial charge in [0.1, 0.15) is 5.75 Å². The van der Waals surface area contributed by atoms with Crippen LogP contribution in [0.25, 0.3) is 0 Å². The molecule has 0 saturated carbocycles. The molecule has 0 aliphatic heterocycles. The van der Waals surface area contributed by atoms with E-state index >= 15 is 0 Å². The molecule has 0 aliphatic carbocycles. The topological polar surface area (TPSA) is 9.23 Å². The van der Waals surface area contributed by atoms with E-state index < -0.39 is 0 Å². The molecule has 1 aromatic rings. The third-order valence-corrected chi connectivity index (χ3v) is 1.83. The SMILES string of the molecule is CCOc1cccc(CCS)c1. The molecule has 0 aromatic heterocycles. The maximum absolute atomic E-state index is 5.37. The number of benzene rings is 1. The highest BCUT2D eigenvalue weighted by Gasteiger charge is 1.94. The minimum atomic E-state index is 0.727. The summed E-state index contributed by atoms with van der Waals surface area (Å²) in [4.78, 5) is 0. The molecule has 12 heavy (non-hydrogen) atoms. The van der Waals surface area contributed by atoms with Gasteiger partial charge in [0.15, 0.2) is 0 Å². The predicted molar refractivity (Wildman–Crippen MR) is 55.2 cm³/mol. The highest BCUT2D eigenvalue weighted by Crippen LogP contribution is 2.13. The molecule has 0 heterocycles. The summed E-state index contributed by atoms with van der Waals surface area (Å²) in [7, 11) is 0. The Kier molecular flexibility index (Phi) is 4.01. The van der Waals surface area contributed by atoms with E-state index in [1.165, 1.54) is 5.56 Å². The Hall–Kier alpha value is -0.630. The van der Waals surface area contributed by atoms with Gasteiger partial charge in [-0.2, -0.15) is 12.6 Å². The van der Waals surface area contributed by atoms with Gasteiger partial charge in [-0.1, -0.05) is 12.1 Å². The van der Waals surface area contributed by atoms with Crippen molar-refractivity contribution in [3.8, 4) is 5.75 Å². The van der Waals surface area contributed by atoms with Crippen molar-refractivity contribution in [2.75, 3.05) is 12.4 Å². The molecule has 0 radical (unpaired) electrons. The second kappa shape index (κ2) is 5.09. The van der Waals surface area contributed by atoms with Crippen LogP contribution < -0.4 is 4.74 Å². The highest BCUT2D eigenvalue weighted by atomic mass is 32.1. The smallest absolute Gasteiger partial charge is 0.119 e. The van der Waals surface area contributed by atoms with Gasteiger partial charge >= 0.3 is 0 Å². The van der Waals surface area contributed by atoms with Gasteiger partial charge < -0.3 is 4.74 Å². The van der Waals surface area contributed by atoms with Crippen LogP contribution in [-0.2, 0) is 6.42 Å². The van der Waals surface area contributed by atoms with E-state index in [-0.39, 0.29) is 0 Å². The molecule has 1 nitrogen and oxygen atoms in total. The van der Waals surface area contributed by atoms with Crippen LogP contribution >= 0.6 is 12.6 Å². The second-order valence-corrected chi connectivity index (χ2v) is 3.00. The van der Waals surface area contributed by atoms with E-state index in [4.69, 9.17) is 4.74 Å². The van der Waals surface area contributed by atoms with Crippen LogP contribution in [0.3, 0.4) is 0 Å². The standard InChI is InChI=1S/C10H14OS/c1-2-11-10-5-3-4-9(8-10)6-7-12/h3-5,8,12H,2,6-7H2,1H3. The van der Waals surface area contributed by atoms with Crippen molar-refractivity contribution in [1.29, 1.82) is 0 Å². The summed E-state index contributed by atoms with van der Waals surface area (Å²) < 4.78 is 5.37. The van der Waals surface area contributed by atoms with Crippen molar-refractivity contribution in [3.63, 3.8) is 0 Å². The zero-order chi connectivity index (χ0) is 8.81. The molecular weight excluding hydrogens is 168 g/mol. The Morgan fingerprint density at radius 3 is 2.92 bits per heavy atom. The Morgan fingerprint density at radius 1 is 1.42 bits per heavy atom. The summed E-state index contributed by atoms with van der Waals surface area (Å²) in [5, 5.41) is 0. The lowest BCUT2D eigenvalue weighted by Gasteiger charge is -2.04. The van der Waals surface area contributed by atoms with Crippen molar-refractivity contribution >= 4 is 12.6 Å². The first-order valence-electron chi connectivity index (χ1n) is 4.19. The van der Waals surface area contributed by atoms with Crippen LogP contribution in [-0.4, -0.2) is 12.4 Å². The van der Waals surface area contributed by atoms with Gasteiger partial charge in [0.05, 0.1) is 6.61 Å². The largest absolute Gasteiger partial charge is 0.494 e. The van der Waals surface area contributed by atoms with Gasteiger partial charge in [0, 0.05) is 0 Å². The van der Waals surface area contributed by atoms with E-state index in [1.807, 2.05) is 19.1 Å². The highest BCUT2D eigenvalue weighted by molar-refractivity contribution is 7.80. The molecule has 2 heteroatoms. The monoisotopic (exact) mass is 182 g/mol. The molecule has 0 fully saturated rings. The lowest BCUT2D eigenvalue weighted by Crippen LogP contribution is -1.92. The van der Waals surface area contributed by atoms with Gasteiger partial charge in [-0.3, -0.25) is 0 Å². The van der Waals surface area contributed by atoms with Crippen molar-refractivity contribution in [1.82, 2.24) is 0 Å². The molecule has 66 valence electrons. The van der Waals surface area contributed by atoms with Crippen molar-refractivity contribution < 1.29 is 4.74 Å². The molecule has 0 atom stereocenters. The summed E-state index contributed by atoms with van der Waals surface area (Å²) in [5.74, 6) is 1.84. The Balaban J connectivity index is 2.67. The summed E-state index contributed by atoms with van der Waals surface area (Å²) >= 11 is 4.18. The average Bonchev–Trinajstić information content (AvgIpc) is 2.06. The fraction of sp³-hybridized carbons (Fsp3) is 0.400. The lowest BCUT2D eigenvalue weighted by atomic mass is 10.2. The summed E-state index contributed by atoms with van der Waals surface area (Å²) in [6.07, 6.45) is 1.00. The normalized spacial score (nSPS) is 9.83. The molecule has 0 unspecified atom stereocenters. The third-order valence-electron chi connectivity index (χ3n) is 1.61. The van der Waals surface area contributed by atoms with E-state index in [2.05, 4.69) is 24.8 Å². The minimum absolute atomic E-state index is 0.727. The molecule has 0 aliphatic rings. The molecule has 0 saturated heterocycles. The van der Waals surface area contributed by atoms with Crippen molar-refractivity contribution in [2.45, 2.75) is 13.3 Å². The fourth-order valence-corrected chi connectivity index (χ4v) is 1.34. The van der Waals surface area contributed by atoms with Gasteiger partial charge in [-0.05, 0) is 36.8 Å². The number of hydrogen-bond donors (Lipinski definition) is 1. The molecule has 1 aromatic carbocycles. The van der Waals surface area contributed by atoms with Crippen molar-refractivity contribution in [3.05, 3.63) is 29.8 Å². The van der Waals surface area contributed by atoms with Gasteiger partial charge in [-0.15, -0.1) is 0 Å². The summed E-state index contributed by atoms with van der Waals surface area (Å²) in [5.41, 5.74) is 1.29. The molecule has 0 amide bonds. The first-order chi connectivity index (χ1) is 5.86.